The minimum Gasteiger partial charge on any atom is -0.457 e. The lowest BCUT2D eigenvalue weighted by molar-refractivity contribution is -0.384. The summed E-state index contributed by atoms with van der Waals surface area (Å²) in [6.45, 7) is 0. The lowest BCUT2D eigenvalue weighted by Gasteiger charge is -2.24. The van der Waals surface area contributed by atoms with Crippen molar-refractivity contribution in [1.82, 2.24) is 0 Å². The molecule has 0 aromatic heterocycles. The van der Waals surface area contributed by atoms with Crippen LogP contribution < -0.4 is 9.64 Å². The van der Waals surface area contributed by atoms with Gasteiger partial charge in [0.15, 0.2) is 0 Å². The van der Waals surface area contributed by atoms with Crippen molar-refractivity contribution in [3.63, 3.8) is 0 Å². The van der Waals surface area contributed by atoms with Gasteiger partial charge in [-0.2, -0.15) is 0 Å². The fourth-order valence-corrected chi connectivity index (χ4v) is 4.21. The number of nitro benzene ring substituents is 1. The van der Waals surface area contributed by atoms with Crippen molar-refractivity contribution in [2.45, 2.75) is 5.37 Å². The smallest absolute Gasteiger partial charge is 0.269 e. The number of hydrogen-bond donors (Lipinski definition) is 0. The Morgan fingerprint density at radius 3 is 2.39 bits per heavy atom. The Kier molecular flexibility index (Phi) is 4.99. The molecule has 1 aliphatic heterocycles. The first-order valence-corrected chi connectivity index (χ1v) is 9.68. The highest BCUT2D eigenvalue weighted by Gasteiger charge is 2.34. The van der Waals surface area contributed by atoms with Gasteiger partial charge in [0.2, 0.25) is 5.91 Å². The number of hydrogen-bond acceptors (Lipinski definition) is 5. The Morgan fingerprint density at radius 1 is 0.964 bits per heavy atom. The first kappa shape index (κ1) is 18.1. The van der Waals surface area contributed by atoms with E-state index in [0.29, 0.717) is 11.5 Å². The molecule has 1 aliphatic rings. The van der Waals surface area contributed by atoms with Gasteiger partial charge < -0.3 is 4.74 Å². The third-order valence-electron chi connectivity index (χ3n) is 4.33. The SMILES string of the molecule is O=C1CS[C@H](c2cccc([N+](=O)[O-])c2)N1c1ccc(Oc2ccccc2)cc1. The van der Waals surface area contributed by atoms with Crippen molar-refractivity contribution in [2.24, 2.45) is 0 Å². The Morgan fingerprint density at radius 2 is 1.68 bits per heavy atom. The van der Waals surface area contributed by atoms with Gasteiger partial charge in [-0.05, 0) is 42.0 Å². The molecule has 28 heavy (non-hydrogen) atoms. The number of thioether (sulfide) groups is 1. The van der Waals surface area contributed by atoms with E-state index in [2.05, 4.69) is 0 Å². The number of ether oxygens (including phenoxy) is 1. The molecule has 0 radical (unpaired) electrons. The first-order chi connectivity index (χ1) is 13.6. The second-order valence-corrected chi connectivity index (χ2v) is 7.26. The molecule has 1 fully saturated rings. The number of para-hydroxylation sites is 1. The number of nitrogens with zero attached hydrogens (tertiary/aromatic N) is 2. The number of anilines is 1. The lowest BCUT2D eigenvalue weighted by Crippen LogP contribution is -2.27. The molecule has 0 unspecified atom stereocenters. The average molecular weight is 392 g/mol. The highest BCUT2D eigenvalue weighted by atomic mass is 32.2. The van der Waals surface area contributed by atoms with Crippen LogP contribution in [0.25, 0.3) is 0 Å². The molecular weight excluding hydrogens is 376 g/mol. The minimum atomic E-state index is -0.426. The van der Waals surface area contributed by atoms with E-state index in [-0.39, 0.29) is 17.0 Å². The molecule has 1 heterocycles. The summed E-state index contributed by atoms with van der Waals surface area (Å²) >= 11 is 1.46. The Balaban J connectivity index is 1.58. The maximum atomic E-state index is 12.5. The largest absolute Gasteiger partial charge is 0.457 e. The summed E-state index contributed by atoms with van der Waals surface area (Å²) in [5.41, 5.74) is 1.48. The maximum absolute atomic E-state index is 12.5. The normalized spacial score (nSPS) is 16.2. The second kappa shape index (κ2) is 7.74. The third kappa shape index (κ3) is 3.70. The Labute approximate surface area is 165 Å². The van der Waals surface area contributed by atoms with Crippen LogP contribution in [0.5, 0.6) is 11.5 Å². The molecule has 140 valence electrons. The van der Waals surface area contributed by atoms with Gasteiger partial charge in [0.25, 0.3) is 5.69 Å². The van der Waals surface area contributed by atoms with Crippen LogP contribution in [-0.4, -0.2) is 16.6 Å². The fraction of sp³-hybridized carbons (Fsp3) is 0.0952. The summed E-state index contributed by atoms with van der Waals surface area (Å²) in [6, 6.07) is 23.1. The van der Waals surface area contributed by atoms with Gasteiger partial charge in [0, 0.05) is 17.8 Å². The fourth-order valence-electron chi connectivity index (χ4n) is 3.04. The van der Waals surface area contributed by atoms with Crippen molar-refractivity contribution in [3.8, 4) is 11.5 Å². The highest BCUT2D eigenvalue weighted by molar-refractivity contribution is 8.00. The van der Waals surface area contributed by atoms with Crippen LogP contribution in [0.4, 0.5) is 11.4 Å². The monoisotopic (exact) mass is 392 g/mol. The summed E-state index contributed by atoms with van der Waals surface area (Å²) in [5, 5.41) is 10.8. The van der Waals surface area contributed by atoms with Crippen LogP contribution in [0.1, 0.15) is 10.9 Å². The van der Waals surface area contributed by atoms with Crippen LogP contribution in [0, 0.1) is 10.1 Å². The van der Waals surface area contributed by atoms with Crippen LogP contribution in [0.3, 0.4) is 0 Å². The first-order valence-electron chi connectivity index (χ1n) is 8.63. The summed E-state index contributed by atoms with van der Waals surface area (Å²) in [6.07, 6.45) is 0. The standard InChI is InChI=1S/C21H16N2O4S/c24-20-14-28-21(15-5-4-6-17(13-15)23(25)26)22(20)16-9-11-19(12-10-16)27-18-7-2-1-3-8-18/h1-13,21H,14H2/t21-/m1/s1. The van der Waals surface area contributed by atoms with E-state index < -0.39 is 4.92 Å². The number of carbonyl (C=O) groups excluding carboxylic acids is 1. The molecule has 1 amide bonds. The third-order valence-corrected chi connectivity index (χ3v) is 5.54. The predicted octanol–water partition coefficient (Wildman–Crippen LogP) is 5.17. The van der Waals surface area contributed by atoms with Gasteiger partial charge in [-0.1, -0.05) is 30.3 Å². The van der Waals surface area contributed by atoms with E-state index in [4.69, 9.17) is 4.74 Å². The van der Waals surface area contributed by atoms with Gasteiger partial charge in [0.05, 0.1) is 10.7 Å². The van der Waals surface area contributed by atoms with Crippen LogP contribution in [0.15, 0.2) is 78.9 Å². The number of rotatable bonds is 5. The summed E-state index contributed by atoms with van der Waals surface area (Å²) < 4.78 is 5.79. The van der Waals surface area contributed by atoms with Crippen molar-refractivity contribution < 1.29 is 14.5 Å². The molecule has 4 rings (SSSR count). The maximum Gasteiger partial charge on any atom is 0.269 e. The van der Waals surface area contributed by atoms with Gasteiger partial charge in [-0.25, -0.2) is 0 Å². The Bertz CT molecular complexity index is 1010. The minimum absolute atomic E-state index is 0.0176. The second-order valence-electron chi connectivity index (χ2n) is 6.19. The molecule has 3 aromatic rings. The number of non-ortho nitro benzene ring substituents is 1. The van der Waals surface area contributed by atoms with E-state index in [1.54, 1.807) is 11.0 Å². The van der Waals surface area contributed by atoms with Gasteiger partial charge in [-0.15, -0.1) is 11.8 Å². The van der Waals surface area contributed by atoms with Crippen molar-refractivity contribution >= 4 is 29.0 Å². The predicted molar refractivity (Wildman–Crippen MR) is 109 cm³/mol. The van der Waals surface area contributed by atoms with Crippen LogP contribution in [-0.2, 0) is 4.79 Å². The van der Waals surface area contributed by atoms with Crippen molar-refractivity contribution in [2.75, 3.05) is 10.7 Å². The molecule has 0 saturated carbocycles. The van der Waals surface area contributed by atoms with Gasteiger partial charge >= 0.3 is 0 Å². The van der Waals surface area contributed by atoms with Crippen LogP contribution >= 0.6 is 11.8 Å². The average Bonchev–Trinajstić information content (AvgIpc) is 3.11. The van der Waals surface area contributed by atoms with E-state index in [0.717, 1.165) is 17.0 Å². The van der Waals surface area contributed by atoms with Crippen molar-refractivity contribution in [3.05, 3.63) is 94.5 Å². The molecule has 6 nitrogen and oxygen atoms in total. The zero-order valence-corrected chi connectivity index (χ0v) is 15.5. The van der Waals surface area contributed by atoms with Gasteiger partial charge in [0.1, 0.15) is 16.9 Å². The molecule has 7 heteroatoms. The van der Waals surface area contributed by atoms with Gasteiger partial charge in [-0.3, -0.25) is 19.8 Å². The number of benzene rings is 3. The topological polar surface area (TPSA) is 72.7 Å². The highest BCUT2D eigenvalue weighted by Crippen LogP contribution is 2.42. The molecule has 3 aromatic carbocycles. The quantitative estimate of drug-likeness (QED) is 0.443. The lowest BCUT2D eigenvalue weighted by atomic mass is 10.1. The van der Waals surface area contributed by atoms with E-state index in [1.165, 1.54) is 23.9 Å². The number of carbonyl (C=O) groups is 1. The van der Waals surface area contributed by atoms with Crippen molar-refractivity contribution in [1.29, 1.82) is 0 Å². The number of amides is 1. The molecule has 0 aliphatic carbocycles. The molecule has 1 atom stereocenters. The number of nitro groups is 1. The molecule has 0 spiro atoms. The van der Waals surface area contributed by atoms with E-state index in [9.17, 15) is 14.9 Å². The molecular formula is C21H16N2O4S. The zero-order valence-electron chi connectivity index (χ0n) is 14.7. The molecule has 0 bridgehead atoms. The van der Waals surface area contributed by atoms with E-state index >= 15 is 0 Å². The summed E-state index contributed by atoms with van der Waals surface area (Å²) in [7, 11) is 0. The summed E-state index contributed by atoms with van der Waals surface area (Å²) in [4.78, 5) is 24.8. The zero-order chi connectivity index (χ0) is 19.5. The molecule has 1 saturated heterocycles. The van der Waals surface area contributed by atoms with E-state index in [1.807, 2.05) is 60.7 Å². The van der Waals surface area contributed by atoms with Crippen LogP contribution in [0.2, 0.25) is 0 Å². The Hall–Kier alpha value is -3.32. The summed E-state index contributed by atoms with van der Waals surface area (Å²) in [5.74, 6) is 1.70. The molecule has 0 N–H and O–H groups in total.